The molecule has 0 aromatic carbocycles. The van der Waals surface area contributed by atoms with Gasteiger partial charge in [0, 0.05) is 19.1 Å². The highest BCUT2D eigenvalue weighted by Gasteiger charge is 2.40. The lowest BCUT2D eigenvalue weighted by molar-refractivity contribution is -0.124. The van der Waals surface area contributed by atoms with Gasteiger partial charge in [0.25, 0.3) is 0 Å². The first-order valence-corrected chi connectivity index (χ1v) is 6.91. The highest BCUT2D eigenvalue weighted by atomic mass is 16.2. The molecular weight excluding hydrogens is 228 g/mol. The molecule has 2 aliphatic rings. The molecule has 0 spiro atoms. The number of carbonyl (C=O) groups is 1. The summed E-state index contributed by atoms with van der Waals surface area (Å²) in [5.74, 6) is 0.395. The van der Waals surface area contributed by atoms with Gasteiger partial charge in [0.2, 0.25) is 5.91 Å². The van der Waals surface area contributed by atoms with Gasteiger partial charge in [-0.2, -0.15) is 5.26 Å². The van der Waals surface area contributed by atoms with Gasteiger partial charge in [-0.15, -0.1) is 0 Å². The van der Waals surface area contributed by atoms with E-state index in [0.717, 1.165) is 45.4 Å². The van der Waals surface area contributed by atoms with Gasteiger partial charge in [-0.3, -0.25) is 9.69 Å². The fourth-order valence-corrected chi connectivity index (χ4v) is 3.07. The second-order valence-corrected chi connectivity index (χ2v) is 5.13. The third-order valence-corrected chi connectivity index (χ3v) is 4.03. The molecule has 100 valence electrons. The van der Waals surface area contributed by atoms with Crippen LogP contribution in [0.4, 0.5) is 0 Å². The van der Waals surface area contributed by atoms with E-state index in [0.29, 0.717) is 6.04 Å². The topological polar surface area (TPSA) is 68.2 Å². The van der Waals surface area contributed by atoms with Gasteiger partial charge in [0.1, 0.15) is 0 Å². The number of nitrogens with zero attached hydrogens (tertiary/aromatic N) is 2. The van der Waals surface area contributed by atoms with E-state index in [9.17, 15) is 4.79 Å². The van der Waals surface area contributed by atoms with E-state index >= 15 is 0 Å². The summed E-state index contributed by atoms with van der Waals surface area (Å²) >= 11 is 0. The molecule has 18 heavy (non-hydrogen) atoms. The van der Waals surface area contributed by atoms with Crippen LogP contribution in [0.5, 0.6) is 0 Å². The van der Waals surface area contributed by atoms with E-state index < -0.39 is 0 Å². The predicted octanol–water partition coefficient (Wildman–Crippen LogP) is 0.0886. The quantitative estimate of drug-likeness (QED) is 0.725. The number of rotatable bonds is 5. The van der Waals surface area contributed by atoms with E-state index in [-0.39, 0.29) is 17.9 Å². The molecule has 5 heteroatoms. The Bertz CT molecular complexity index is 338. The average Bonchev–Trinajstić information content (AvgIpc) is 2.77. The highest BCUT2D eigenvalue weighted by Crippen LogP contribution is 2.27. The van der Waals surface area contributed by atoms with Crippen LogP contribution in [0.25, 0.3) is 0 Å². The van der Waals surface area contributed by atoms with Gasteiger partial charge in [-0.1, -0.05) is 6.92 Å². The molecule has 2 rings (SSSR count). The number of hydrogen-bond acceptors (Lipinski definition) is 4. The van der Waals surface area contributed by atoms with Gasteiger partial charge in [0.15, 0.2) is 0 Å². The molecule has 0 aliphatic carbocycles. The third-order valence-electron chi connectivity index (χ3n) is 4.03. The summed E-state index contributed by atoms with van der Waals surface area (Å²) in [7, 11) is 0. The maximum absolute atomic E-state index is 11.6. The van der Waals surface area contributed by atoms with Crippen LogP contribution in [0, 0.1) is 17.2 Å². The van der Waals surface area contributed by atoms with Crippen LogP contribution in [0.2, 0.25) is 0 Å². The van der Waals surface area contributed by atoms with Gasteiger partial charge in [0.05, 0.1) is 18.0 Å². The van der Waals surface area contributed by atoms with Crippen LogP contribution < -0.4 is 10.6 Å². The molecule has 2 heterocycles. The number of fused-ring (bicyclic) bond motifs is 1. The van der Waals surface area contributed by atoms with Crippen molar-refractivity contribution < 1.29 is 4.79 Å². The summed E-state index contributed by atoms with van der Waals surface area (Å²) < 4.78 is 0. The SMILES string of the molecule is CCNC(C#N)CCN1CCCC2C(=O)NCC21. The Kier molecular flexibility index (Phi) is 4.56. The normalized spacial score (nSPS) is 29.4. The minimum atomic E-state index is -0.0690. The van der Waals surface area contributed by atoms with Gasteiger partial charge >= 0.3 is 0 Å². The highest BCUT2D eigenvalue weighted by molar-refractivity contribution is 5.82. The average molecular weight is 250 g/mol. The molecule has 2 fully saturated rings. The second-order valence-electron chi connectivity index (χ2n) is 5.13. The van der Waals surface area contributed by atoms with Gasteiger partial charge < -0.3 is 10.6 Å². The molecule has 2 saturated heterocycles. The van der Waals surface area contributed by atoms with Gasteiger partial charge in [-0.25, -0.2) is 0 Å². The Labute approximate surface area is 109 Å². The Balaban J connectivity index is 1.85. The standard InChI is InChI=1S/C13H22N4O/c1-2-15-10(8-14)5-7-17-6-3-4-11-12(17)9-16-13(11)18/h10-12,15H,2-7,9H2,1H3,(H,16,18). The van der Waals surface area contributed by atoms with E-state index in [1.807, 2.05) is 6.92 Å². The van der Waals surface area contributed by atoms with Crippen LogP contribution in [0.3, 0.4) is 0 Å². The van der Waals surface area contributed by atoms with Crippen LogP contribution in [0.15, 0.2) is 0 Å². The predicted molar refractivity (Wildman–Crippen MR) is 68.8 cm³/mol. The minimum Gasteiger partial charge on any atom is -0.354 e. The zero-order valence-electron chi connectivity index (χ0n) is 11.0. The first-order chi connectivity index (χ1) is 8.76. The molecule has 5 nitrogen and oxygen atoms in total. The molecule has 3 unspecified atom stereocenters. The van der Waals surface area contributed by atoms with Crippen LogP contribution >= 0.6 is 0 Å². The van der Waals surface area contributed by atoms with Crippen LogP contribution in [0.1, 0.15) is 26.2 Å². The maximum atomic E-state index is 11.6. The van der Waals surface area contributed by atoms with Crippen molar-refractivity contribution in [3.63, 3.8) is 0 Å². The monoisotopic (exact) mass is 250 g/mol. The number of piperidine rings is 1. The van der Waals surface area contributed by atoms with E-state index in [2.05, 4.69) is 21.6 Å². The summed E-state index contributed by atoms with van der Waals surface area (Å²) in [5, 5.41) is 15.1. The van der Waals surface area contributed by atoms with Gasteiger partial charge in [-0.05, 0) is 32.4 Å². The van der Waals surface area contributed by atoms with Crippen LogP contribution in [-0.2, 0) is 4.79 Å². The first kappa shape index (κ1) is 13.3. The smallest absolute Gasteiger partial charge is 0.224 e. The summed E-state index contributed by atoms with van der Waals surface area (Å²) in [4.78, 5) is 14.0. The largest absolute Gasteiger partial charge is 0.354 e. The Morgan fingerprint density at radius 2 is 2.50 bits per heavy atom. The molecule has 0 bridgehead atoms. The molecule has 0 aromatic rings. The van der Waals surface area contributed by atoms with E-state index in [1.54, 1.807) is 0 Å². The lowest BCUT2D eigenvalue weighted by atomic mass is 9.91. The van der Waals surface area contributed by atoms with Crippen molar-refractivity contribution in [3.8, 4) is 6.07 Å². The third kappa shape index (κ3) is 2.82. The molecule has 0 aromatic heterocycles. The summed E-state index contributed by atoms with van der Waals surface area (Å²) in [6.07, 6.45) is 2.94. The Morgan fingerprint density at radius 1 is 1.67 bits per heavy atom. The van der Waals surface area contributed by atoms with Crippen molar-refractivity contribution in [2.75, 3.05) is 26.2 Å². The second kappa shape index (κ2) is 6.17. The Hall–Kier alpha value is -1.12. The molecular formula is C13H22N4O. The van der Waals surface area contributed by atoms with E-state index in [1.165, 1.54) is 0 Å². The molecule has 0 radical (unpaired) electrons. The first-order valence-electron chi connectivity index (χ1n) is 6.91. The Morgan fingerprint density at radius 3 is 3.22 bits per heavy atom. The summed E-state index contributed by atoms with van der Waals surface area (Å²) in [6, 6.07) is 2.58. The molecule has 2 aliphatic heterocycles. The van der Waals surface area contributed by atoms with E-state index in [4.69, 9.17) is 5.26 Å². The van der Waals surface area contributed by atoms with Crippen molar-refractivity contribution >= 4 is 5.91 Å². The molecule has 1 amide bonds. The summed E-state index contributed by atoms with van der Waals surface area (Å²) in [6.45, 7) is 5.58. The number of nitriles is 1. The zero-order valence-corrected chi connectivity index (χ0v) is 11.0. The lowest BCUT2D eigenvalue weighted by Gasteiger charge is -2.36. The number of amides is 1. The number of likely N-dealkylation sites (tertiary alicyclic amines) is 1. The minimum absolute atomic E-state index is 0.0690. The van der Waals surface area contributed by atoms with Crippen molar-refractivity contribution in [2.24, 2.45) is 5.92 Å². The molecule has 2 N–H and O–H groups in total. The fraction of sp³-hybridized carbons (Fsp3) is 0.846. The van der Waals surface area contributed by atoms with Crippen molar-refractivity contribution in [2.45, 2.75) is 38.3 Å². The number of nitrogens with one attached hydrogen (secondary N) is 2. The van der Waals surface area contributed by atoms with Crippen molar-refractivity contribution in [1.29, 1.82) is 5.26 Å². The number of hydrogen-bond donors (Lipinski definition) is 2. The van der Waals surface area contributed by atoms with Crippen LogP contribution in [-0.4, -0.2) is 49.1 Å². The molecule has 0 saturated carbocycles. The maximum Gasteiger partial charge on any atom is 0.224 e. The number of carbonyl (C=O) groups excluding carboxylic acids is 1. The zero-order chi connectivity index (χ0) is 13.0. The molecule has 3 atom stereocenters. The van der Waals surface area contributed by atoms with Crippen molar-refractivity contribution in [1.82, 2.24) is 15.5 Å². The lowest BCUT2D eigenvalue weighted by Crippen LogP contribution is -2.47. The fourth-order valence-electron chi connectivity index (χ4n) is 3.07. The van der Waals surface area contributed by atoms with Crippen molar-refractivity contribution in [3.05, 3.63) is 0 Å². The summed E-state index contributed by atoms with van der Waals surface area (Å²) in [5.41, 5.74) is 0.